The highest BCUT2D eigenvalue weighted by Gasteiger charge is 2.17. The Morgan fingerprint density at radius 2 is 2.20 bits per heavy atom. The Morgan fingerprint density at radius 1 is 1.53 bits per heavy atom. The summed E-state index contributed by atoms with van der Waals surface area (Å²) in [7, 11) is 1.32. The van der Waals surface area contributed by atoms with E-state index >= 15 is 0 Å². The van der Waals surface area contributed by atoms with Crippen LogP contribution in [0.3, 0.4) is 0 Å². The van der Waals surface area contributed by atoms with Gasteiger partial charge in [-0.05, 0) is 30.2 Å². The van der Waals surface area contributed by atoms with Crippen molar-refractivity contribution in [2.24, 2.45) is 0 Å². The van der Waals surface area contributed by atoms with E-state index in [0.717, 1.165) is 5.56 Å². The predicted molar refractivity (Wildman–Crippen MR) is 53.3 cm³/mol. The Bertz CT molecular complexity index is 343. The van der Waals surface area contributed by atoms with Crippen molar-refractivity contribution in [1.29, 1.82) is 0 Å². The quantitative estimate of drug-likeness (QED) is 0.827. The zero-order chi connectivity index (χ0) is 11.4. The van der Waals surface area contributed by atoms with Crippen LogP contribution in [0.5, 0.6) is 0 Å². The van der Waals surface area contributed by atoms with Crippen LogP contribution in [-0.4, -0.2) is 24.3 Å². The third-order valence-electron chi connectivity index (χ3n) is 2.08. The molecule has 0 aliphatic heterocycles. The molecule has 1 N–H and O–H groups in total. The summed E-state index contributed by atoms with van der Waals surface area (Å²) in [5.74, 6) is -1.40. The molecule has 0 amide bonds. The topological polar surface area (TPSA) is 46.5 Å². The molecule has 1 rings (SSSR count). The number of aliphatic carboxylic acids is 1. The summed E-state index contributed by atoms with van der Waals surface area (Å²) < 4.78 is 17.8. The van der Waals surface area contributed by atoms with Gasteiger partial charge in [0.15, 0.2) is 6.10 Å². The zero-order valence-electron chi connectivity index (χ0n) is 8.66. The third-order valence-corrected chi connectivity index (χ3v) is 2.08. The molecule has 0 radical (unpaired) electrons. The van der Waals surface area contributed by atoms with E-state index in [9.17, 15) is 9.18 Å². The van der Waals surface area contributed by atoms with Crippen molar-refractivity contribution in [3.05, 3.63) is 35.1 Å². The maximum atomic E-state index is 13.0. The number of halogens is 1. The van der Waals surface area contributed by atoms with E-state index < -0.39 is 12.1 Å². The van der Waals surface area contributed by atoms with Crippen molar-refractivity contribution in [3.8, 4) is 0 Å². The number of hydrogen-bond donors (Lipinski definition) is 1. The van der Waals surface area contributed by atoms with E-state index in [0.29, 0.717) is 5.56 Å². The Balaban J connectivity index is 2.83. The van der Waals surface area contributed by atoms with Crippen LogP contribution in [0.2, 0.25) is 0 Å². The van der Waals surface area contributed by atoms with Crippen molar-refractivity contribution in [2.75, 3.05) is 7.11 Å². The molecule has 0 saturated carbocycles. The first-order valence-electron chi connectivity index (χ1n) is 4.54. The lowest BCUT2D eigenvalue weighted by Gasteiger charge is -2.10. The molecule has 0 bridgehead atoms. The summed E-state index contributed by atoms with van der Waals surface area (Å²) in [6.07, 6.45) is -0.754. The first-order chi connectivity index (χ1) is 7.02. The van der Waals surface area contributed by atoms with Gasteiger partial charge in [0.05, 0.1) is 0 Å². The van der Waals surface area contributed by atoms with E-state index in [1.807, 2.05) is 0 Å². The highest BCUT2D eigenvalue weighted by Crippen LogP contribution is 2.11. The minimum absolute atomic E-state index is 0.171. The summed E-state index contributed by atoms with van der Waals surface area (Å²) in [6, 6.07) is 4.46. The van der Waals surface area contributed by atoms with Gasteiger partial charge in [0.1, 0.15) is 5.82 Å². The largest absolute Gasteiger partial charge is 0.479 e. The van der Waals surface area contributed by atoms with Gasteiger partial charge in [-0.15, -0.1) is 0 Å². The van der Waals surface area contributed by atoms with E-state index in [2.05, 4.69) is 0 Å². The first-order valence-corrected chi connectivity index (χ1v) is 4.54. The number of carbonyl (C=O) groups is 1. The molecule has 3 nitrogen and oxygen atoms in total. The van der Waals surface area contributed by atoms with E-state index in [1.54, 1.807) is 13.0 Å². The fourth-order valence-corrected chi connectivity index (χ4v) is 1.42. The molecule has 0 heterocycles. The number of carboxylic acid groups (broad SMARTS) is 1. The van der Waals surface area contributed by atoms with Crippen LogP contribution < -0.4 is 0 Å². The average Bonchev–Trinajstić information content (AvgIpc) is 2.12. The maximum Gasteiger partial charge on any atom is 0.333 e. The standard InChI is InChI=1S/C11H13FO3/c1-7-3-8(5-9(12)4-7)6-10(15-2)11(13)14/h3-5,10H,6H2,1-2H3,(H,13,14). The Hall–Kier alpha value is -1.42. The van der Waals surface area contributed by atoms with Crippen molar-refractivity contribution in [3.63, 3.8) is 0 Å². The van der Waals surface area contributed by atoms with Gasteiger partial charge in [-0.3, -0.25) is 0 Å². The van der Waals surface area contributed by atoms with Crippen molar-refractivity contribution < 1.29 is 19.0 Å². The Labute approximate surface area is 87.5 Å². The summed E-state index contributed by atoms with van der Waals surface area (Å²) in [6.45, 7) is 1.76. The molecule has 0 saturated heterocycles. The highest BCUT2D eigenvalue weighted by atomic mass is 19.1. The van der Waals surface area contributed by atoms with Gasteiger partial charge < -0.3 is 9.84 Å². The maximum absolute atomic E-state index is 13.0. The number of hydrogen-bond acceptors (Lipinski definition) is 2. The SMILES string of the molecule is COC(Cc1cc(C)cc(F)c1)C(=O)O. The molecule has 0 aliphatic carbocycles. The normalized spacial score (nSPS) is 12.5. The molecule has 4 heteroatoms. The average molecular weight is 212 g/mol. The number of methoxy groups -OCH3 is 1. The molecule has 0 aromatic heterocycles. The minimum atomic E-state index is -1.04. The minimum Gasteiger partial charge on any atom is -0.479 e. The number of carboxylic acids is 1. The summed E-state index contributed by atoms with van der Waals surface area (Å²) in [5, 5.41) is 8.75. The van der Waals surface area contributed by atoms with Crippen LogP contribution in [0.1, 0.15) is 11.1 Å². The fraction of sp³-hybridized carbons (Fsp3) is 0.364. The number of rotatable bonds is 4. The van der Waals surface area contributed by atoms with E-state index in [-0.39, 0.29) is 12.2 Å². The van der Waals surface area contributed by atoms with Gasteiger partial charge >= 0.3 is 5.97 Å². The molecule has 0 spiro atoms. The van der Waals surface area contributed by atoms with Gasteiger partial charge in [-0.25, -0.2) is 9.18 Å². The second-order valence-electron chi connectivity index (χ2n) is 3.40. The Kier molecular flexibility index (Phi) is 3.80. The van der Waals surface area contributed by atoms with Crippen LogP contribution >= 0.6 is 0 Å². The molecule has 1 atom stereocenters. The van der Waals surface area contributed by atoms with Gasteiger partial charge in [-0.1, -0.05) is 6.07 Å². The van der Waals surface area contributed by atoms with Crippen LogP contribution in [-0.2, 0) is 16.0 Å². The van der Waals surface area contributed by atoms with Crippen LogP contribution in [0.4, 0.5) is 4.39 Å². The molecule has 0 aliphatic rings. The second kappa shape index (κ2) is 4.89. The number of ether oxygens (including phenoxy) is 1. The molecular weight excluding hydrogens is 199 g/mol. The summed E-state index contributed by atoms with van der Waals surface area (Å²) >= 11 is 0. The lowest BCUT2D eigenvalue weighted by Crippen LogP contribution is -2.24. The molecule has 1 aromatic carbocycles. The molecule has 1 unspecified atom stereocenters. The van der Waals surface area contributed by atoms with Gasteiger partial charge in [0, 0.05) is 13.5 Å². The second-order valence-corrected chi connectivity index (χ2v) is 3.40. The molecule has 15 heavy (non-hydrogen) atoms. The Morgan fingerprint density at radius 3 is 2.67 bits per heavy atom. The van der Waals surface area contributed by atoms with Crippen LogP contribution in [0.25, 0.3) is 0 Å². The molecular formula is C11H13FO3. The lowest BCUT2D eigenvalue weighted by atomic mass is 10.1. The van der Waals surface area contributed by atoms with Crippen molar-refractivity contribution in [2.45, 2.75) is 19.4 Å². The summed E-state index contributed by atoms with van der Waals surface area (Å²) in [4.78, 5) is 10.7. The monoisotopic (exact) mass is 212 g/mol. The van der Waals surface area contributed by atoms with Gasteiger partial charge in [-0.2, -0.15) is 0 Å². The number of benzene rings is 1. The summed E-state index contributed by atoms with van der Waals surface area (Å²) in [5.41, 5.74) is 1.40. The highest BCUT2D eigenvalue weighted by molar-refractivity contribution is 5.72. The van der Waals surface area contributed by atoms with E-state index in [4.69, 9.17) is 9.84 Å². The molecule has 82 valence electrons. The van der Waals surface area contributed by atoms with Crippen molar-refractivity contribution >= 4 is 5.97 Å². The third kappa shape index (κ3) is 3.32. The van der Waals surface area contributed by atoms with Crippen LogP contribution in [0, 0.1) is 12.7 Å². The molecule has 1 aromatic rings. The van der Waals surface area contributed by atoms with Crippen LogP contribution in [0.15, 0.2) is 18.2 Å². The fourth-order valence-electron chi connectivity index (χ4n) is 1.42. The molecule has 0 fully saturated rings. The van der Waals surface area contributed by atoms with Gasteiger partial charge in [0.2, 0.25) is 0 Å². The smallest absolute Gasteiger partial charge is 0.333 e. The van der Waals surface area contributed by atoms with E-state index in [1.165, 1.54) is 19.2 Å². The zero-order valence-corrected chi connectivity index (χ0v) is 8.66. The lowest BCUT2D eigenvalue weighted by molar-refractivity contribution is -0.148. The number of aryl methyl sites for hydroxylation is 1. The first kappa shape index (κ1) is 11.7. The predicted octanol–water partition coefficient (Wildman–Crippen LogP) is 1.78. The van der Waals surface area contributed by atoms with Crippen molar-refractivity contribution in [1.82, 2.24) is 0 Å². The van der Waals surface area contributed by atoms with Gasteiger partial charge in [0.25, 0.3) is 0 Å².